The van der Waals surface area contributed by atoms with Crippen LogP contribution in [-0.2, 0) is 16.1 Å². The molecule has 0 saturated carbocycles. The lowest BCUT2D eigenvalue weighted by molar-refractivity contribution is -0.176. The number of hydrogen-bond donors (Lipinski definition) is 2. The lowest BCUT2D eigenvalue weighted by Crippen LogP contribution is -2.47. The van der Waals surface area contributed by atoms with Gasteiger partial charge in [-0.25, -0.2) is 0 Å². The third kappa shape index (κ3) is 8.02. The van der Waals surface area contributed by atoms with Crippen molar-refractivity contribution in [3.63, 3.8) is 0 Å². The summed E-state index contributed by atoms with van der Waals surface area (Å²) in [6.07, 6.45) is -3.59. The summed E-state index contributed by atoms with van der Waals surface area (Å²) in [5.41, 5.74) is 0.825. The van der Waals surface area contributed by atoms with Crippen molar-refractivity contribution in [2.45, 2.75) is 52.1 Å². The molecule has 2 unspecified atom stereocenters. The molecule has 0 aliphatic carbocycles. The molecule has 0 aliphatic rings. The van der Waals surface area contributed by atoms with Gasteiger partial charge in [-0.1, -0.05) is 19.1 Å². The second-order valence-corrected chi connectivity index (χ2v) is 5.82. The van der Waals surface area contributed by atoms with Gasteiger partial charge in [-0.3, -0.25) is 9.59 Å². The van der Waals surface area contributed by atoms with Crippen molar-refractivity contribution in [2.75, 3.05) is 6.61 Å². The fraction of sp³-hybridized carbons (Fsp3) is 0.529. The van der Waals surface area contributed by atoms with Gasteiger partial charge in [0.1, 0.15) is 12.6 Å². The van der Waals surface area contributed by atoms with Gasteiger partial charge in [-0.05, 0) is 38.0 Å². The summed E-state index contributed by atoms with van der Waals surface area (Å²) in [6, 6.07) is 5.28. The first-order chi connectivity index (χ1) is 11.6. The van der Waals surface area contributed by atoms with Crippen molar-refractivity contribution in [3.05, 3.63) is 35.4 Å². The Kier molecular flexibility index (Phi) is 7.89. The van der Waals surface area contributed by atoms with Gasteiger partial charge in [0.25, 0.3) is 5.91 Å². The molecule has 0 radical (unpaired) electrons. The van der Waals surface area contributed by atoms with Crippen LogP contribution in [0.5, 0.6) is 0 Å². The van der Waals surface area contributed by atoms with Crippen LogP contribution in [0.4, 0.5) is 13.2 Å². The van der Waals surface area contributed by atoms with Crippen molar-refractivity contribution in [1.82, 2.24) is 10.6 Å². The molecule has 1 aromatic rings. The van der Waals surface area contributed by atoms with Crippen molar-refractivity contribution in [3.8, 4) is 0 Å². The van der Waals surface area contributed by atoms with Gasteiger partial charge in [0.2, 0.25) is 5.91 Å². The summed E-state index contributed by atoms with van der Waals surface area (Å²) >= 11 is 0. The highest BCUT2D eigenvalue weighted by molar-refractivity contribution is 5.97. The van der Waals surface area contributed by atoms with Crippen LogP contribution in [0.25, 0.3) is 0 Å². The fourth-order valence-electron chi connectivity index (χ4n) is 1.85. The van der Waals surface area contributed by atoms with Gasteiger partial charge in [-0.2, -0.15) is 13.2 Å². The molecule has 0 saturated heterocycles. The number of halogens is 3. The summed E-state index contributed by atoms with van der Waals surface area (Å²) in [5, 5.41) is 5.35. The molecule has 0 aromatic heterocycles. The number of ether oxygens (including phenoxy) is 1. The molecule has 0 fully saturated rings. The van der Waals surface area contributed by atoms with Gasteiger partial charge in [0, 0.05) is 11.6 Å². The zero-order valence-electron chi connectivity index (χ0n) is 14.4. The Morgan fingerprint density at radius 2 is 1.72 bits per heavy atom. The molecule has 1 aromatic carbocycles. The number of amides is 2. The zero-order chi connectivity index (χ0) is 19.0. The summed E-state index contributed by atoms with van der Waals surface area (Å²) in [5.74, 6) is -0.713. The molecular formula is C17H23F3N2O3. The van der Waals surface area contributed by atoms with Gasteiger partial charge < -0.3 is 15.4 Å². The number of hydrogen-bond acceptors (Lipinski definition) is 3. The highest BCUT2D eigenvalue weighted by Crippen LogP contribution is 2.15. The van der Waals surface area contributed by atoms with Crippen LogP contribution in [0, 0.1) is 0 Å². The number of nitrogens with one attached hydrogen (secondary N) is 2. The molecule has 5 nitrogen and oxygen atoms in total. The van der Waals surface area contributed by atoms with Crippen molar-refractivity contribution in [2.24, 2.45) is 0 Å². The van der Waals surface area contributed by atoms with E-state index in [1.54, 1.807) is 6.92 Å². The Hall–Kier alpha value is -2.09. The second kappa shape index (κ2) is 9.41. The van der Waals surface area contributed by atoms with Gasteiger partial charge in [0.15, 0.2) is 0 Å². The van der Waals surface area contributed by atoms with Gasteiger partial charge in [0.05, 0.1) is 6.61 Å². The van der Waals surface area contributed by atoms with E-state index in [0.717, 1.165) is 6.42 Å². The Bertz CT molecular complexity index is 573. The monoisotopic (exact) mass is 360 g/mol. The van der Waals surface area contributed by atoms with Crippen LogP contribution in [0.1, 0.15) is 43.1 Å². The minimum Gasteiger partial charge on any atom is -0.367 e. The Balaban J connectivity index is 2.52. The number of carbonyl (C=O) groups excluding carboxylic acids is 2. The average molecular weight is 360 g/mol. The Morgan fingerprint density at radius 3 is 2.24 bits per heavy atom. The van der Waals surface area contributed by atoms with Crippen LogP contribution < -0.4 is 10.6 Å². The predicted octanol–water partition coefficient (Wildman–Crippen LogP) is 2.80. The van der Waals surface area contributed by atoms with E-state index in [9.17, 15) is 22.8 Å². The molecule has 0 bridgehead atoms. The van der Waals surface area contributed by atoms with Crippen LogP contribution in [0.15, 0.2) is 24.3 Å². The minimum atomic E-state index is -4.37. The maximum Gasteiger partial charge on any atom is 0.411 e. The molecular weight excluding hydrogens is 337 g/mol. The van der Waals surface area contributed by atoms with E-state index in [1.165, 1.54) is 24.3 Å². The van der Waals surface area contributed by atoms with Crippen LogP contribution in [0.2, 0.25) is 0 Å². The number of benzene rings is 1. The molecule has 0 heterocycles. The molecule has 2 N–H and O–H groups in total. The number of rotatable bonds is 8. The molecule has 140 valence electrons. The number of alkyl halides is 3. The van der Waals surface area contributed by atoms with Gasteiger partial charge in [-0.15, -0.1) is 0 Å². The molecule has 1 rings (SSSR count). The van der Waals surface area contributed by atoms with Crippen LogP contribution >= 0.6 is 0 Å². The number of carbonyl (C=O) groups is 2. The van der Waals surface area contributed by atoms with E-state index in [4.69, 9.17) is 0 Å². The third-order valence-electron chi connectivity index (χ3n) is 3.49. The Labute approximate surface area is 144 Å². The predicted molar refractivity (Wildman–Crippen MR) is 87.0 cm³/mol. The highest BCUT2D eigenvalue weighted by atomic mass is 19.4. The van der Waals surface area contributed by atoms with Crippen molar-refractivity contribution < 1.29 is 27.5 Å². The van der Waals surface area contributed by atoms with E-state index >= 15 is 0 Å². The standard InChI is InChI=1S/C17H23F3N2O3/c1-4-11(2)21-15(23)12(3)22-16(24)14-7-5-13(6-8-14)9-25-10-17(18,19)20/h5-8,11-12H,4,9-10H2,1-3H3,(H,21,23)(H,22,24). The first-order valence-corrected chi connectivity index (χ1v) is 7.97. The largest absolute Gasteiger partial charge is 0.411 e. The SMILES string of the molecule is CCC(C)NC(=O)C(C)NC(=O)c1ccc(COCC(F)(F)F)cc1. The minimum absolute atomic E-state index is 0.0165. The van der Waals surface area contributed by atoms with Crippen molar-refractivity contribution >= 4 is 11.8 Å². The maximum atomic E-state index is 12.1. The van der Waals surface area contributed by atoms with Crippen LogP contribution in [0.3, 0.4) is 0 Å². The molecule has 0 spiro atoms. The summed E-state index contributed by atoms with van der Waals surface area (Å²) in [7, 11) is 0. The van der Waals surface area contributed by atoms with E-state index in [2.05, 4.69) is 15.4 Å². The first-order valence-electron chi connectivity index (χ1n) is 7.97. The summed E-state index contributed by atoms with van der Waals surface area (Å²) in [6.45, 7) is 3.86. The summed E-state index contributed by atoms with van der Waals surface area (Å²) in [4.78, 5) is 24.0. The van der Waals surface area contributed by atoms with Crippen LogP contribution in [-0.4, -0.2) is 36.7 Å². The van der Waals surface area contributed by atoms with E-state index in [0.29, 0.717) is 11.1 Å². The van der Waals surface area contributed by atoms with E-state index < -0.39 is 24.7 Å². The molecule has 2 atom stereocenters. The Morgan fingerprint density at radius 1 is 1.12 bits per heavy atom. The molecule has 8 heteroatoms. The third-order valence-corrected chi connectivity index (χ3v) is 3.49. The molecule has 0 aliphatic heterocycles. The second-order valence-electron chi connectivity index (χ2n) is 5.82. The summed E-state index contributed by atoms with van der Waals surface area (Å²) < 4.78 is 40.6. The van der Waals surface area contributed by atoms with Crippen molar-refractivity contribution in [1.29, 1.82) is 0 Å². The zero-order valence-corrected chi connectivity index (χ0v) is 14.4. The normalized spacial score (nSPS) is 13.8. The highest BCUT2D eigenvalue weighted by Gasteiger charge is 2.27. The quantitative estimate of drug-likeness (QED) is 0.749. The fourth-order valence-corrected chi connectivity index (χ4v) is 1.85. The first kappa shape index (κ1) is 21.0. The van der Waals surface area contributed by atoms with E-state index in [1.807, 2.05) is 13.8 Å². The van der Waals surface area contributed by atoms with E-state index in [-0.39, 0.29) is 18.6 Å². The molecule has 25 heavy (non-hydrogen) atoms. The lowest BCUT2D eigenvalue weighted by Gasteiger charge is -2.17. The van der Waals surface area contributed by atoms with Gasteiger partial charge >= 0.3 is 6.18 Å². The smallest absolute Gasteiger partial charge is 0.367 e. The maximum absolute atomic E-state index is 12.1. The average Bonchev–Trinajstić information content (AvgIpc) is 2.53. The lowest BCUT2D eigenvalue weighted by atomic mass is 10.1. The topological polar surface area (TPSA) is 67.4 Å². The molecule has 2 amide bonds.